The Hall–Kier alpha value is -2.56. The molecule has 0 amide bonds. The van der Waals surface area contributed by atoms with Crippen LogP contribution in [0.4, 0.5) is 0 Å². The van der Waals surface area contributed by atoms with Crippen molar-refractivity contribution in [2.45, 2.75) is 12.5 Å². The van der Waals surface area contributed by atoms with Crippen molar-refractivity contribution in [3.05, 3.63) is 84.0 Å². The van der Waals surface area contributed by atoms with E-state index in [1.807, 2.05) is 61.5 Å². The summed E-state index contributed by atoms with van der Waals surface area (Å²) in [6, 6.07) is 15.5. The maximum Gasteiger partial charge on any atom is 0.139 e. The number of aliphatic hydroxyl groups excluding tert-OH is 1. The summed E-state index contributed by atoms with van der Waals surface area (Å²) in [4.78, 5) is 0. The summed E-state index contributed by atoms with van der Waals surface area (Å²) in [6.45, 7) is 5.93. The Morgan fingerprint density at radius 1 is 0.962 bits per heavy atom. The minimum atomic E-state index is -0.852. The van der Waals surface area contributed by atoms with Crippen molar-refractivity contribution in [3.8, 4) is 11.5 Å². The van der Waals surface area contributed by atoms with Gasteiger partial charge in [0.1, 0.15) is 17.1 Å². The van der Waals surface area contributed by atoms with Gasteiger partial charge in [0.05, 0.1) is 27.4 Å². The van der Waals surface area contributed by atoms with Gasteiger partial charge < -0.3 is 19.3 Å². The second-order valence-corrected chi connectivity index (χ2v) is 5.80. The number of methoxy groups -OCH3 is 2. The molecule has 4 nitrogen and oxygen atoms in total. The van der Waals surface area contributed by atoms with Crippen LogP contribution in [0.2, 0.25) is 0 Å². The number of hydrogen-bond acceptors (Lipinski definition) is 4. The Morgan fingerprint density at radius 3 is 1.77 bits per heavy atom. The van der Waals surface area contributed by atoms with Crippen LogP contribution < -0.4 is 9.47 Å². The molecule has 0 aliphatic carbocycles. The van der Waals surface area contributed by atoms with E-state index in [9.17, 15) is 5.11 Å². The number of hydrogen-bond donors (Lipinski definition) is 1. The van der Waals surface area contributed by atoms with Gasteiger partial charge >= 0.3 is 0 Å². The molecule has 0 radical (unpaired) electrons. The van der Waals surface area contributed by atoms with Crippen LogP contribution in [-0.2, 0) is 10.3 Å². The zero-order chi connectivity index (χ0) is 19.0. The van der Waals surface area contributed by atoms with Crippen LogP contribution in [0.1, 0.15) is 18.1 Å². The molecule has 0 atom stereocenters. The largest absolute Gasteiger partial charge is 0.497 e. The molecule has 0 aliphatic heterocycles. The summed E-state index contributed by atoms with van der Waals surface area (Å²) in [6.07, 6.45) is 3.66. The Bertz CT molecular complexity index is 682. The highest BCUT2D eigenvalue weighted by molar-refractivity contribution is 5.48. The van der Waals surface area contributed by atoms with Crippen molar-refractivity contribution in [3.63, 3.8) is 0 Å². The Kier molecular flexibility index (Phi) is 7.01. The predicted molar refractivity (Wildman–Crippen MR) is 104 cm³/mol. The van der Waals surface area contributed by atoms with E-state index in [0.29, 0.717) is 0 Å². The summed E-state index contributed by atoms with van der Waals surface area (Å²) in [7, 11) is 3.27. The van der Waals surface area contributed by atoms with Crippen molar-refractivity contribution in [2.75, 3.05) is 27.4 Å². The first-order valence-corrected chi connectivity index (χ1v) is 8.46. The van der Waals surface area contributed by atoms with Crippen molar-refractivity contribution >= 4 is 0 Å². The van der Waals surface area contributed by atoms with Crippen molar-refractivity contribution in [1.29, 1.82) is 0 Å². The average molecular weight is 354 g/mol. The first kappa shape index (κ1) is 19.8. The lowest BCUT2D eigenvalue weighted by Gasteiger charge is -2.36. The molecular weight excluding hydrogens is 328 g/mol. The van der Waals surface area contributed by atoms with Crippen LogP contribution in [-0.4, -0.2) is 32.5 Å². The minimum Gasteiger partial charge on any atom is -0.497 e. The third kappa shape index (κ3) is 3.98. The smallest absolute Gasteiger partial charge is 0.139 e. The topological polar surface area (TPSA) is 47.9 Å². The fourth-order valence-corrected chi connectivity index (χ4v) is 3.05. The van der Waals surface area contributed by atoms with Gasteiger partial charge in [-0.25, -0.2) is 0 Å². The first-order chi connectivity index (χ1) is 12.6. The fraction of sp³-hybridized carbons (Fsp3) is 0.273. The van der Waals surface area contributed by atoms with E-state index in [1.54, 1.807) is 20.3 Å². The van der Waals surface area contributed by atoms with Gasteiger partial charge in [0.2, 0.25) is 0 Å². The fourth-order valence-electron chi connectivity index (χ4n) is 3.05. The molecule has 0 fully saturated rings. The molecule has 1 N–H and O–H groups in total. The highest BCUT2D eigenvalue weighted by atomic mass is 16.5. The highest BCUT2D eigenvalue weighted by Crippen LogP contribution is 2.41. The normalized spacial score (nSPS) is 11.9. The molecule has 2 aromatic rings. The van der Waals surface area contributed by atoms with E-state index in [4.69, 9.17) is 14.2 Å². The van der Waals surface area contributed by atoms with E-state index in [1.165, 1.54) is 0 Å². The summed E-state index contributed by atoms with van der Waals surface area (Å²) >= 11 is 0. The number of benzene rings is 2. The molecular formula is C22H26O4. The molecule has 138 valence electrons. The molecule has 0 bridgehead atoms. The third-order valence-corrected chi connectivity index (χ3v) is 4.33. The maximum absolute atomic E-state index is 9.39. The summed E-state index contributed by atoms with van der Waals surface area (Å²) in [5.74, 6) is 1.54. The zero-order valence-corrected chi connectivity index (χ0v) is 15.6. The van der Waals surface area contributed by atoms with E-state index in [2.05, 4.69) is 6.58 Å². The number of ether oxygens (including phenoxy) is 3. The number of aliphatic hydroxyl groups is 1. The number of allylic oxidation sites excluding steroid dienone is 2. The van der Waals surface area contributed by atoms with Crippen LogP contribution in [0.25, 0.3) is 0 Å². The zero-order valence-electron chi connectivity index (χ0n) is 15.6. The SMILES string of the molecule is C=C/C=C(\C)C(OCCO)(c1ccc(OC)cc1)c1ccc(OC)cc1. The van der Waals surface area contributed by atoms with Gasteiger partial charge in [-0.15, -0.1) is 0 Å². The van der Waals surface area contributed by atoms with E-state index < -0.39 is 5.60 Å². The quantitative estimate of drug-likeness (QED) is 0.689. The number of rotatable bonds is 9. The first-order valence-electron chi connectivity index (χ1n) is 8.46. The average Bonchev–Trinajstić information content (AvgIpc) is 2.69. The van der Waals surface area contributed by atoms with Crippen LogP contribution in [0.15, 0.2) is 72.8 Å². The lowest BCUT2D eigenvalue weighted by molar-refractivity contribution is -0.00912. The third-order valence-electron chi connectivity index (χ3n) is 4.33. The van der Waals surface area contributed by atoms with Gasteiger partial charge in [0.25, 0.3) is 0 Å². The molecule has 0 saturated heterocycles. The molecule has 0 unspecified atom stereocenters. The lowest BCUT2D eigenvalue weighted by atomic mass is 9.80. The molecule has 0 aliphatic rings. The summed E-state index contributed by atoms with van der Waals surface area (Å²) in [5.41, 5.74) is 1.98. The van der Waals surface area contributed by atoms with Gasteiger partial charge in [0, 0.05) is 0 Å². The molecule has 26 heavy (non-hydrogen) atoms. The molecule has 0 heterocycles. The molecule has 0 spiro atoms. The lowest BCUT2D eigenvalue weighted by Crippen LogP contribution is -2.34. The van der Waals surface area contributed by atoms with Gasteiger partial charge in [-0.05, 0) is 47.9 Å². The summed E-state index contributed by atoms with van der Waals surface area (Å²) in [5, 5.41) is 9.39. The van der Waals surface area contributed by atoms with Crippen molar-refractivity contribution < 1.29 is 19.3 Å². The Labute approximate surface area is 155 Å². The summed E-state index contributed by atoms with van der Waals surface area (Å²) < 4.78 is 16.8. The molecule has 2 aromatic carbocycles. The second-order valence-electron chi connectivity index (χ2n) is 5.80. The maximum atomic E-state index is 9.39. The second kappa shape index (κ2) is 9.22. The van der Waals surface area contributed by atoms with Gasteiger partial charge in [0.15, 0.2) is 0 Å². The van der Waals surface area contributed by atoms with E-state index in [0.717, 1.165) is 28.2 Å². The molecule has 0 aromatic heterocycles. The molecule has 4 heteroatoms. The van der Waals surface area contributed by atoms with E-state index >= 15 is 0 Å². The van der Waals surface area contributed by atoms with Gasteiger partial charge in [-0.3, -0.25) is 0 Å². The predicted octanol–water partition coefficient (Wildman–Crippen LogP) is 4.09. The standard InChI is InChI=1S/C22H26O4/c1-5-6-17(2)22(26-16-15-23,18-7-11-20(24-3)12-8-18)19-9-13-21(25-4)14-10-19/h5-14,23H,1,15-16H2,2-4H3/b17-6+. The van der Waals surface area contributed by atoms with Crippen LogP contribution in [0.3, 0.4) is 0 Å². The Morgan fingerprint density at radius 2 is 1.42 bits per heavy atom. The minimum absolute atomic E-state index is 0.0740. The van der Waals surface area contributed by atoms with Gasteiger partial charge in [-0.2, -0.15) is 0 Å². The van der Waals surface area contributed by atoms with Crippen LogP contribution >= 0.6 is 0 Å². The molecule has 0 saturated carbocycles. The van der Waals surface area contributed by atoms with Crippen LogP contribution in [0.5, 0.6) is 11.5 Å². The van der Waals surface area contributed by atoms with Crippen molar-refractivity contribution in [2.24, 2.45) is 0 Å². The van der Waals surface area contributed by atoms with E-state index in [-0.39, 0.29) is 13.2 Å². The highest BCUT2D eigenvalue weighted by Gasteiger charge is 2.37. The van der Waals surface area contributed by atoms with Crippen LogP contribution in [0, 0.1) is 0 Å². The monoisotopic (exact) mass is 354 g/mol. The van der Waals surface area contributed by atoms with Crippen molar-refractivity contribution in [1.82, 2.24) is 0 Å². The molecule has 2 rings (SSSR count). The van der Waals surface area contributed by atoms with Gasteiger partial charge in [-0.1, -0.05) is 43.0 Å². The Balaban J connectivity index is 2.68.